The smallest absolute Gasteiger partial charge is 0.152 e. The first-order chi connectivity index (χ1) is 9.92. The quantitative estimate of drug-likeness (QED) is 0.619. The first-order valence-electron chi connectivity index (χ1n) is 5.89. The SMILES string of the molecule is Nc1ccc(Br)c(CO)c1F.Nc1cccc(CO)c1F. The number of aliphatic hydroxyl groups is 2. The van der Waals surface area contributed by atoms with Gasteiger partial charge in [-0.1, -0.05) is 28.1 Å². The van der Waals surface area contributed by atoms with E-state index in [9.17, 15) is 8.78 Å². The maximum Gasteiger partial charge on any atom is 0.152 e. The number of hydrogen-bond donors (Lipinski definition) is 4. The van der Waals surface area contributed by atoms with E-state index in [0.29, 0.717) is 4.47 Å². The lowest BCUT2D eigenvalue weighted by atomic mass is 10.2. The molecular weight excluding hydrogens is 346 g/mol. The highest BCUT2D eigenvalue weighted by molar-refractivity contribution is 9.10. The van der Waals surface area contributed by atoms with Gasteiger partial charge >= 0.3 is 0 Å². The highest BCUT2D eigenvalue weighted by Crippen LogP contribution is 2.23. The van der Waals surface area contributed by atoms with Gasteiger partial charge in [0.1, 0.15) is 0 Å². The van der Waals surface area contributed by atoms with E-state index in [1.165, 1.54) is 18.2 Å². The molecule has 21 heavy (non-hydrogen) atoms. The summed E-state index contributed by atoms with van der Waals surface area (Å²) in [6, 6.07) is 7.59. The van der Waals surface area contributed by atoms with Crippen LogP contribution in [0.15, 0.2) is 34.8 Å². The van der Waals surface area contributed by atoms with Crippen molar-refractivity contribution in [2.45, 2.75) is 13.2 Å². The summed E-state index contributed by atoms with van der Waals surface area (Å²) in [4.78, 5) is 0. The van der Waals surface area contributed by atoms with E-state index >= 15 is 0 Å². The Bertz CT molecular complexity index is 624. The lowest BCUT2D eigenvalue weighted by molar-refractivity contribution is 0.275. The number of hydrogen-bond acceptors (Lipinski definition) is 4. The van der Waals surface area contributed by atoms with E-state index in [1.54, 1.807) is 12.1 Å². The molecule has 6 N–H and O–H groups in total. The second-order valence-electron chi connectivity index (χ2n) is 4.07. The molecule has 0 atom stereocenters. The van der Waals surface area contributed by atoms with Crippen molar-refractivity contribution >= 4 is 27.3 Å². The second kappa shape index (κ2) is 7.92. The van der Waals surface area contributed by atoms with Crippen LogP contribution in [0.2, 0.25) is 0 Å². The van der Waals surface area contributed by atoms with Gasteiger partial charge in [-0.2, -0.15) is 0 Å². The summed E-state index contributed by atoms with van der Waals surface area (Å²) < 4.78 is 26.2. The number of benzene rings is 2. The molecule has 0 aromatic heterocycles. The Morgan fingerprint density at radius 3 is 2.00 bits per heavy atom. The van der Waals surface area contributed by atoms with Crippen LogP contribution < -0.4 is 11.5 Å². The number of aliphatic hydroxyl groups excluding tert-OH is 2. The summed E-state index contributed by atoms with van der Waals surface area (Å²) in [5.74, 6) is -1.08. The van der Waals surface area contributed by atoms with E-state index in [0.717, 1.165) is 0 Å². The van der Waals surface area contributed by atoms with Crippen molar-refractivity contribution in [3.63, 3.8) is 0 Å². The standard InChI is InChI=1S/C7H7BrFNO.C7H8FNO/c8-5-1-2-6(10)7(9)4(5)3-11;8-7-5(4-10)2-1-3-6(7)9/h1-2,11H,3,10H2;1-3,10H,4,9H2. The molecule has 0 spiro atoms. The third-order valence-corrected chi connectivity index (χ3v) is 3.40. The van der Waals surface area contributed by atoms with Gasteiger partial charge in [0, 0.05) is 15.6 Å². The lowest BCUT2D eigenvalue weighted by Gasteiger charge is -2.03. The maximum atomic E-state index is 12.9. The molecule has 7 heteroatoms. The first kappa shape index (κ1) is 17.4. The van der Waals surface area contributed by atoms with Crippen molar-refractivity contribution in [3.05, 3.63) is 57.6 Å². The van der Waals surface area contributed by atoms with Gasteiger partial charge in [-0.3, -0.25) is 0 Å². The average molecular weight is 361 g/mol. The van der Waals surface area contributed by atoms with Crippen molar-refractivity contribution in [3.8, 4) is 0 Å². The Kier molecular flexibility index (Phi) is 6.54. The van der Waals surface area contributed by atoms with Gasteiger partial charge in [-0.15, -0.1) is 0 Å². The van der Waals surface area contributed by atoms with Crippen LogP contribution in [0, 0.1) is 11.6 Å². The minimum absolute atomic E-state index is 0.0530. The molecule has 0 saturated carbocycles. The molecule has 2 aromatic rings. The van der Waals surface area contributed by atoms with Crippen molar-refractivity contribution in [2.24, 2.45) is 0 Å². The Balaban J connectivity index is 0.000000211. The molecule has 0 aliphatic rings. The molecule has 0 aliphatic heterocycles. The predicted molar refractivity (Wildman–Crippen MR) is 81.2 cm³/mol. The number of anilines is 2. The van der Waals surface area contributed by atoms with Crippen LogP contribution in [0.25, 0.3) is 0 Å². The minimum atomic E-state index is -0.554. The van der Waals surface area contributed by atoms with Gasteiger partial charge in [-0.25, -0.2) is 8.78 Å². The summed E-state index contributed by atoms with van der Waals surface area (Å²) in [5, 5.41) is 17.2. The molecule has 0 saturated heterocycles. The molecule has 0 bridgehead atoms. The summed E-state index contributed by atoms with van der Waals surface area (Å²) in [6.45, 7) is -0.658. The monoisotopic (exact) mass is 360 g/mol. The summed E-state index contributed by atoms with van der Waals surface area (Å²) in [6.07, 6.45) is 0. The van der Waals surface area contributed by atoms with Gasteiger partial charge in [0.15, 0.2) is 11.6 Å². The fraction of sp³-hybridized carbons (Fsp3) is 0.143. The van der Waals surface area contributed by atoms with Gasteiger partial charge in [0.25, 0.3) is 0 Å². The molecule has 0 fully saturated rings. The van der Waals surface area contributed by atoms with Crippen molar-refractivity contribution < 1.29 is 19.0 Å². The molecule has 2 rings (SSSR count). The zero-order valence-corrected chi connectivity index (χ0v) is 12.6. The summed E-state index contributed by atoms with van der Waals surface area (Å²) in [5.41, 5.74) is 11.0. The number of rotatable bonds is 2. The fourth-order valence-electron chi connectivity index (χ4n) is 1.48. The van der Waals surface area contributed by atoms with E-state index in [2.05, 4.69) is 15.9 Å². The van der Waals surface area contributed by atoms with Crippen LogP contribution in [0.4, 0.5) is 20.2 Å². The molecule has 114 valence electrons. The average Bonchev–Trinajstić information content (AvgIpc) is 2.47. The van der Waals surface area contributed by atoms with Crippen LogP contribution in [0.3, 0.4) is 0 Å². The molecule has 0 amide bonds. The predicted octanol–water partition coefficient (Wildman–Crippen LogP) is 2.56. The van der Waals surface area contributed by atoms with E-state index < -0.39 is 11.6 Å². The molecule has 0 aliphatic carbocycles. The van der Waals surface area contributed by atoms with Crippen LogP contribution in [-0.2, 0) is 13.2 Å². The molecule has 0 radical (unpaired) electrons. The third kappa shape index (κ3) is 4.38. The largest absolute Gasteiger partial charge is 0.396 e. The number of nitrogen functional groups attached to an aromatic ring is 2. The van der Waals surface area contributed by atoms with Gasteiger partial charge in [-0.05, 0) is 18.2 Å². The zero-order chi connectivity index (χ0) is 16.0. The van der Waals surface area contributed by atoms with Crippen LogP contribution >= 0.6 is 15.9 Å². The van der Waals surface area contributed by atoms with Gasteiger partial charge in [0.05, 0.1) is 24.6 Å². The first-order valence-corrected chi connectivity index (χ1v) is 6.68. The maximum absolute atomic E-state index is 12.9. The van der Waals surface area contributed by atoms with Crippen molar-refractivity contribution in [2.75, 3.05) is 11.5 Å². The van der Waals surface area contributed by atoms with Crippen LogP contribution in [0.1, 0.15) is 11.1 Å². The van der Waals surface area contributed by atoms with Crippen molar-refractivity contribution in [1.29, 1.82) is 0 Å². The molecule has 2 aromatic carbocycles. The summed E-state index contributed by atoms with van der Waals surface area (Å²) >= 11 is 3.09. The summed E-state index contributed by atoms with van der Waals surface area (Å²) in [7, 11) is 0. The Labute approximate surface area is 129 Å². The Morgan fingerprint density at radius 1 is 0.905 bits per heavy atom. The Hall–Kier alpha value is -1.70. The zero-order valence-electron chi connectivity index (χ0n) is 11.0. The fourth-order valence-corrected chi connectivity index (χ4v) is 1.91. The molecule has 0 unspecified atom stereocenters. The van der Waals surface area contributed by atoms with E-state index in [4.69, 9.17) is 21.7 Å². The van der Waals surface area contributed by atoms with Crippen LogP contribution in [0.5, 0.6) is 0 Å². The highest BCUT2D eigenvalue weighted by Gasteiger charge is 2.08. The topological polar surface area (TPSA) is 92.5 Å². The second-order valence-corrected chi connectivity index (χ2v) is 4.92. The highest BCUT2D eigenvalue weighted by atomic mass is 79.9. The van der Waals surface area contributed by atoms with Crippen molar-refractivity contribution in [1.82, 2.24) is 0 Å². The number of nitrogens with two attached hydrogens (primary N) is 2. The molecular formula is C14H15BrF2N2O2. The van der Waals surface area contributed by atoms with Gasteiger partial charge in [0.2, 0.25) is 0 Å². The minimum Gasteiger partial charge on any atom is -0.396 e. The van der Waals surface area contributed by atoms with E-state index in [1.807, 2.05) is 0 Å². The van der Waals surface area contributed by atoms with Gasteiger partial charge < -0.3 is 21.7 Å². The third-order valence-electron chi connectivity index (χ3n) is 2.65. The number of halogens is 3. The lowest BCUT2D eigenvalue weighted by Crippen LogP contribution is -1.97. The normalized spacial score (nSPS) is 9.95. The molecule has 0 heterocycles. The van der Waals surface area contributed by atoms with E-state index in [-0.39, 0.29) is 35.7 Å². The van der Waals surface area contributed by atoms with Crippen LogP contribution in [-0.4, -0.2) is 10.2 Å². The molecule has 4 nitrogen and oxygen atoms in total. The Morgan fingerprint density at radius 2 is 1.52 bits per heavy atom.